The highest BCUT2D eigenvalue weighted by Gasteiger charge is 2.23. The molecule has 0 saturated carbocycles. The molecule has 1 aromatic carbocycles. The predicted octanol–water partition coefficient (Wildman–Crippen LogP) is 3.35. The molecule has 1 saturated heterocycles. The third-order valence-electron chi connectivity index (χ3n) is 5.36. The van der Waals surface area contributed by atoms with Crippen LogP contribution in [0.3, 0.4) is 0 Å². The first-order chi connectivity index (χ1) is 14.2. The lowest BCUT2D eigenvalue weighted by atomic mass is 10.1. The van der Waals surface area contributed by atoms with Crippen molar-refractivity contribution in [3.8, 4) is 17.2 Å². The van der Waals surface area contributed by atoms with Gasteiger partial charge in [0, 0.05) is 38.3 Å². The SMILES string of the molecule is COc1ccc(CN2CCN(c3ncnc4c(C)csc34)CC2)c(OC)c1OC. The summed E-state index contributed by atoms with van der Waals surface area (Å²) < 4.78 is 17.7. The van der Waals surface area contributed by atoms with Crippen LogP contribution in [0.15, 0.2) is 23.8 Å². The Morgan fingerprint density at radius 1 is 0.966 bits per heavy atom. The Balaban J connectivity index is 1.48. The number of hydrogen-bond acceptors (Lipinski definition) is 8. The van der Waals surface area contributed by atoms with Gasteiger partial charge in [-0.1, -0.05) is 6.07 Å². The summed E-state index contributed by atoms with van der Waals surface area (Å²) in [6.45, 7) is 6.66. The number of piperazine rings is 1. The van der Waals surface area contributed by atoms with Crippen LogP contribution in [0, 0.1) is 6.92 Å². The molecule has 29 heavy (non-hydrogen) atoms. The van der Waals surface area contributed by atoms with E-state index in [0.717, 1.165) is 55.4 Å². The molecule has 0 unspecified atom stereocenters. The highest BCUT2D eigenvalue weighted by molar-refractivity contribution is 7.18. The van der Waals surface area contributed by atoms with E-state index in [1.54, 1.807) is 39.0 Å². The van der Waals surface area contributed by atoms with Crippen molar-refractivity contribution in [2.75, 3.05) is 52.4 Å². The van der Waals surface area contributed by atoms with Crippen molar-refractivity contribution < 1.29 is 14.2 Å². The van der Waals surface area contributed by atoms with Gasteiger partial charge in [-0.25, -0.2) is 9.97 Å². The third-order valence-corrected chi connectivity index (χ3v) is 6.45. The van der Waals surface area contributed by atoms with Crippen LogP contribution < -0.4 is 19.1 Å². The quantitative estimate of drug-likeness (QED) is 0.613. The molecular weight excluding hydrogens is 388 g/mol. The van der Waals surface area contributed by atoms with E-state index in [9.17, 15) is 0 Å². The van der Waals surface area contributed by atoms with Gasteiger partial charge in [0.25, 0.3) is 0 Å². The number of anilines is 1. The Morgan fingerprint density at radius 3 is 2.41 bits per heavy atom. The third kappa shape index (κ3) is 3.70. The van der Waals surface area contributed by atoms with Gasteiger partial charge in [0.2, 0.25) is 5.75 Å². The van der Waals surface area contributed by atoms with Crippen LogP contribution in [-0.2, 0) is 6.54 Å². The van der Waals surface area contributed by atoms with Crippen LogP contribution in [0.2, 0.25) is 0 Å². The summed E-state index contributed by atoms with van der Waals surface area (Å²) in [7, 11) is 4.94. The van der Waals surface area contributed by atoms with E-state index in [0.29, 0.717) is 11.5 Å². The second-order valence-corrected chi connectivity index (χ2v) is 7.93. The smallest absolute Gasteiger partial charge is 0.203 e. The average Bonchev–Trinajstić information content (AvgIpc) is 3.15. The van der Waals surface area contributed by atoms with Gasteiger partial charge in [0.05, 0.1) is 31.5 Å². The van der Waals surface area contributed by atoms with E-state index in [-0.39, 0.29) is 0 Å². The summed E-state index contributed by atoms with van der Waals surface area (Å²) in [6.07, 6.45) is 1.68. The standard InChI is InChI=1S/C21H26N4O3S/c1-14-12-29-20-17(14)22-13-23-21(20)25-9-7-24(8-10-25)11-15-5-6-16(26-2)19(28-4)18(15)27-3/h5-6,12-13H,7-11H2,1-4H3. The van der Waals surface area contributed by atoms with E-state index in [2.05, 4.69) is 38.1 Å². The fourth-order valence-corrected chi connectivity index (χ4v) is 4.85. The number of thiophene rings is 1. The van der Waals surface area contributed by atoms with Crippen LogP contribution in [0.25, 0.3) is 10.2 Å². The molecule has 4 rings (SSSR count). The molecule has 7 nitrogen and oxygen atoms in total. The number of rotatable bonds is 6. The first kappa shape index (κ1) is 19.7. The maximum absolute atomic E-state index is 5.63. The Morgan fingerprint density at radius 2 is 1.72 bits per heavy atom. The number of methoxy groups -OCH3 is 3. The van der Waals surface area contributed by atoms with Gasteiger partial charge < -0.3 is 19.1 Å². The van der Waals surface area contributed by atoms with Crippen molar-refractivity contribution in [2.24, 2.45) is 0 Å². The molecule has 0 atom stereocenters. The van der Waals surface area contributed by atoms with Crippen LogP contribution >= 0.6 is 11.3 Å². The molecule has 1 aliphatic rings. The number of benzene rings is 1. The normalized spacial score (nSPS) is 15.0. The predicted molar refractivity (Wildman–Crippen MR) is 116 cm³/mol. The topological polar surface area (TPSA) is 60.0 Å². The molecule has 8 heteroatoms. The fourth-order valence-electron chi connectivity index (χ4n) is 3.83. The lowest BCUT2D eigenvalue weighted by Crippen LogP contribution is -2.46. The molecule has 0 radical (unpaired) electrons. The zero-order valence-corrected chi connectivity index (χ0v) is 18.1. The molecule has 0 bridgehead atoms. The number of aryl methyl sites for hydroxylation is 1. The zero-order chi connectivity index (χ0) is 20.4. The number of hydrogen-bond donors (Lipinski definition) is 0. The van der Waals surface area contributed by atoms with E-state index in [1.165, 1.54) is 10.3 Å². The number of fused-ring (bicyclic) bond motifs is 1. The molecule has 3 heterocycles. The van der Waals surface area contributed by atoms with Gasteiger partial charge in [-0.05, 0) is 23.9 Å². The summed E-state index contributed by atoms with van der Waals surface area (Å²) in [5.41, 5.74) is 3.38. The second kappa shape index (κ2) is 8.42. The summed E-state index contributed by atoms with van der Waals surface area (Å²) in [5.74, 6) is 3.11. The minimum absolute atomic E-state index is 0.641. The first-order valence-electron chi connectivity index (χ1n) is 9.60. The van der Waals surface area contributed by atoms with Crippen LogP contribution in [0.5, 0.6) is 17.2 Å². The van der Waals surface area contributed by atoms with Crippen molar-refractivity contribution in [3.63, 3.8) is 0 Å². The largest absolute Gasteiger partial charge is 0.493 e. The number of aromatic nitrogens is 2. The minimum atomic E-state index is 0.641. The van der Waals surface area contributed by atoms with E-state index in [4.69, 9.17) is 14.2 Å². The fraction of sp³-hybridized carbons (Fsp3) is 0.429. The molecule has 0 spiro atoms. The molecule has 1 fully saturated rings. The van der Waals surface area contributed by atoms with Gasteiger partial charge >= 0.3 is 0 Å². The van der Waals surface area contributed by atoms with Gasteiger partial charge in [-0.2, -0.15) is 0 Å². The molecular formula is C21H26N4O3S. The number of nitrogens with zero attached hydrogens (tertiary/aromatic N) is 4. The Labute approximate surface area is 174 Å². The summed E-state index contributed by atoms with van der Waals surface area (Å²) >= 11 is 1.73. The van der Waals surface area contributed by atoms with Gasteiger partial charge in [-0.15, -0.1) is 11.3 Å². The summed E-state index contributed by atoms with van der Waals surface area (Å²) in [4.78, 5) is 13.8. The molecule has 0 N–H and O–H groups in total. The molecule has 0 amide bonds. The lowest BCUT2D eigenvalue weighted by molar-refractivity contribution is 0.243. The van der Waals surface area contributed by atoms with Crippen molar-refractivity contribution in [2.45, 2.75) is 13.5 Å². The average molecular weight is 415 g/mol. The first-order valence-corrected chi connectivity index (χ1v) is 10.5. The van der Waals surface area contributed by atoms with Crippen molar-refractivity contribution >= 4 is 27.4 Å². The number of ether oxygens (including phenoxy) is 3. The highest BCUT2D eigenvalue weighted by Crippen LogP contribution is 2.40. The molecule has 1 aliphatic heterocycles. The Kier molecular flexibility index (Phi) is 5.73. The summed E-state index contributed by atoms with van der Waals surface area (Å²) in [5, 5.41) is 2.16. The van der Waals surface area contributed by atoms with Gasteiger partial charge in [0.1, 0.15) is 12.1 Å². The van der Waals surface area contributed by atoms with Crippen LogP contribution in [-0.4, -0.2) is 62.4 Å². The lowest BCUT2D eigenvalue weighted by Gasteiger charge is -2.35. The van der Waals surface area contributed by atoms with Gasteiger partial charge in [-0.3, -0.25) is 4.90 Å². The van der Waals surface area contributed by atoms with Crippen molar-refractivity contribution in [3.05, 3.63) is 35.0 Å². The Hall–Kier alpha value is -2.58. The van der Waals surface area contributed by atoms with Gasteiger partial charge in [0.15, 0.2) is 11.5 Å². The Bertz CT molecular complexity index is 999. The van der Waals surface area contributed by atoms with Crippen LogP contribution in [0.4, 0.5) is 5.82 Å². The van der Waals surface area contributed by atoms with E-state index < -0.39 is 0 Å². The van der Waals surface area contributed by atoms with Crippen molar-refractivity contribution in [1.82, 2.24) is 14.9 Å². The highest BCUT2D eigenvalue weighted by atomic mass is 32.1. The van der Waals surface area contributed by atoms with Crippen LogP contribution in [0.1, 0.15) is 11.1 Å². The maximum Gasteiger partial charge on any atom is 0.203 e. The molecule has 2 aromatic heterocycles. The molecule has 154 valence electrons. The minimum Gasteiger partial charge on any atom is -0.493 e. The molecule has 3 aromatic rings. The second-order valence-electron chi connectivity index (χ2n) is 7.05. The monoisotopic (exact) mass is 414 g/mol. The maximum atomic E-state index is 5.63. The van der Waals surface area contributed by atoms with E-state index >= 15 is 0 Å². The zero-order valence-electron chi connectivity index (χ0n) is 17.3. The summed E-state index contributed by atoms with van der Waals surface area (Å²) in [6, 6.07) is 3.98. The van der Waals surface area contributed by atoms with Crippen molar-refractivity contribution in [1.29, 1.82) is 0 Å². The molecule has 0 aliphatic carbocycles. The van der Waals surface area contributed by atoms with E-state index in [1.807, 2.05) is 6.07 Å².